The number of benzene rings is 4. The van der Waals surface area contributed by atoms with Gasteiger partial charge in [0.05, 0.1) is 24.1 Å². The van der Waals surface area contributed by atoms with Crippen LogP contribution in [0.2, 0.25) is 0 Å². The summed E-state index contributed by atoms with van der Waals surface area (Å²) in [6, 6.07) is 24.1. The molecule has 6 rings (SSSR count). The van der Waals surface area contributed by atoms with E-state index < -0.39 is 11.9 Å². The fraction of sp³-hybridized carbons (Fsp3) is 0.176. The SMILES string of the molecule is COc1cc(C2c3c(oc4cc(C)cc(C)c4c3=O)C(=O)N2Cc2ccc(F)cc2)ccc1OCc1ccccc1. The molecule has 7 heteroatoms. The molecule has 0 fully saturated rings. The largest absolute Gasteiger partial charge is 0.493 e. The number of aryl methyl sites for hydroxylation is 2. The van der Waals surface area contributed by atoms with Gasteiger partial charge in [0, 0.05) is 6.54 Å². The molecule has 0 bridgehead atoms. The number of nitrogens with zero attached hydrogens (tertiary/aromatic N) is 1. The highest BCUT2D eigenvalue weighted by Crippen LogP contribution is 2.42. The van der Waals surface area contributed by atoms with Crippen molar-refractivity contribution >= 4 is 16.9 Å². The van der Waals surface area contributed by atoms with Gasteiger partial charge in [0.15, 0.2) is 16.9 Å². The van der Waals surface area contributed by atoms with Gasteiger partial charge in [-0.15, -0.1) is 0 Å². The van der Waals surface area contributed by atoms with Crippen molar-refractivity contribution in [2.24, 2.45) is 0 Å². The van der Waals surface area contributed by atoms with Crippen LogP contribution in [0.1, 0.15) is 50.0 Å². The smallest absolute Gasteiger partial charge is 0.291 e. The van der Waals surface area contributed by atoms with Crippen LogP contribution in [0.4, 0.5) is 4.39 Å². The van der Waals surface area contributed by atoms with E-state index in [0.29, 0.717) is 34.6 Å². The molecule has 1 aromatic heterocycles. The van der Waals surface area contributed by atoms with Crippen molar-refractivity contribution in [3.8, 4) is 11.5 Å². The van der Waals surface area contributed by atoms with E-state index in [1.807, 2.05) is 56.3 Å². The summed E-state index contributed by atoms with van der Waals surface area (Å²) in [7, 11) is 1.55. The molecule has 1 amide bonds. The van der Waals surface area contributed by atoms with Gasteiger partial charge in [0.1, 0.15) is 18.0 Å². The van der Waals surface area contributed by atoms with Crippen LogP contribution in [0.5, 0.6) is 11.5 Å². The minimum absolute atomic E-state index is 0.0167. The average Bonchev–Trinajstić information content (AvgIpc) is 3.24. The van der Waals surface area contributed by atoms with Crippen molar-refractivity contribution in [2.45, 2.75) is 33.0 Å². The standard InChI is InChI=1S/C34H28FNO5/c1-20-15-21(2)29-28(16-20)41-33-30(32(29)37)31(36(34(33)38)18-22-9-12-25(35)13-10-22)24-11-14-26(27(17-24)39-3)40-19-23-7-5-4-6-8-23/h4-17,31H,18-19H2,1-3H3. The average molecular weight is 550 g/mol. The minimum atomic E-state index is -0.749. The summed E-state index contributed by atoms with van der Waals surface area (Å²) in [6.07, 6.45) is 0. The molecular weight excluding hydrogens is 521 g/mol. The Morgan fingerprint density at radius 3 is 2.37 bits per heavy atom. The first-order chi connectivity index (χ1) is 19.8. The third-order valence-corrected chi connectivity index (χ3v) is 7.42. The number of fused-ring (bicyclic) bond motifs is 2. The fourth-order valence-corrected chi connectivity index (χ4v) is 5.52. The fourth-order valence-electron chi connectivity index (χ4n) is 5.52. The van der Waals surface area contributed by atoms with Gasteiger partial charge >= 0.3 is 0 Å². The summed E-state index contributed by atoms with van der Waals surface area (Å²) in [5, 5.41) is 0.450. The first-order valence-electron chi connectivity index (χ1n) is 13.3. The highest BCUT2D eigenvalue weighted by atomic mass is 19.1. The van der Waals surface area contributed by atoms with Gasteiger partial charge in [-0.25, -0.2) is 4.39 Å². The Labute approximate surface area is 236 Å². The maximum Gasteiger partial charge on any atom is 0.291 e. The topological polar surface area (TPSA) is 69.0 Å². The Kier molecular flexibility index (Phi) is 6.79. The Morgan fingerprint density at radius 1 is 0.878 bits per heavy atom. The predicted octanol–water partition coefficient (Wildman–Crippen LogP) is 6.88. The second-order valence-electron chi connectivity index (χ2n) is 10.3. The Balaban J connectivity index is 1.47. The highest BCUT2D eigenvalue weighted by molar-refractivity contribution is 5.99. The van der Waals surface area contributed by atoms with Crippen LogP contribution < -0.4 is 14.9 Å². The van der Waals surface area contributed by atoms with Gasteiger partial charge in [-0.2, -0.15) is 0 Å². The van der Waals surface area contributed by atoms with Gasteiger partial charge in [0.2, 0.25) is 5.76 Å². The molecule has 206 valence electrons. The van der Waals surface area contributed by atoms with Crippen LogP contribution in [-0.2, 0) is 13.2 Å². The van der Waals surface area contributed by atoms with E-state index in [4.69, 9.17) is 13.9 Å². The van der Waals surface area contributed by atoms with Crippen LogP contribution in [0.25, 0.3) is 11.0 Å². The quantitative estimate of drug-likeness (QED) is 0.221. The number of methoxy groups -OCH3 is 1. The van der Waals surface area contributed by atoms with E-state index >= 15 is 0 Å². The van der Waals surface area contributed by atoms with Crippen LogP contribution in [0.15, 0.2) is 94.1 Å². The molecule has 1 aliphatic heterocycles. The van der Waals surface area contributed by atoms with E-state index in [2.05, 4.69) is 0 Å². The van der Waals surface area contributed by atoms with E-state index in [0.717, 1.165) is 22.3 Å². The van der Waals surface area contributed by atoms with Crippen molar-refractivity contribution in [3.05, 3.63) is 140 Å². The van der Waals surface area contributed by atoms with Gasteiger partial charge in [-0.3, -0.25) is 9.59 Å². The summed E-state index contributed by atoms with van der Waals surface area (Å²) in [6.45, 7) is 4.28. The third-order valence-electron chi connectivity index (χ3n) is 7.42. The second-order valence-corrected chi connectivity index (χ2v) is 10.3. The summed E-state index contributed by atoms with van der Waals surface area (Å²) in [5.74, 6) is 0.245. The molecule has 1 atom stereocenters. The van der Waals surface area contributed by atoms with Crippen LogP contribution in [0.3, 0.4) is 0 Å². The predicted molar refractivity (Wildman–Crippen MR) is 154 cm³/mol. The summed E-state index contributed by atoms with van der Waals surface area (Å²) >= 11 is 0. The van der Waals surface area contributed by atoms with Crippen LogP contribution >= 0.6 is 0 Å². The zero-order valence-electron chi connectivity index (χ0n) is 22.9. The number of rotatable bonds is 7. The van der Waals surface area contributed by atoms with Gasteiger partial charge in [0.25, 0.3) is 5.91 Å². The van der Waals surface area contributed by atoms with E-state index in [9.17, 15) is 14.0 Å². The molecule has 41 heavy (non-hydrogen) atoms. The summed E-state index contributed by atoms with van der Waals surface area (Å²) in [5.41, 5.74) is 4.51. The monoisotopic (exact) mass is 549 g/mol. The third kappa shape index (κ3) is 4.84. The molecule has 0 aliphatic carbocycles. The molecule has 0 spiro atoms. The van der Waals surface area contributed by atoms with Crippen molar-refractivity contribution < 1.29 is 23.1 Å². The molecule has 1 unspecified atom stereocenters. The molecule has 6 nitrogen and oxygen atoms in total. The number of hydrogen-bond donors (Lipinski definition) is 0. The van der Waals surface area contributed by atoms with E-state index in [1.54, 1.807) is 42.3 Å². The highest BCUT2D eigenvalue weighted by Gasteiger charge is 2.43. The molecule has 0 radical (unpaired) electrons. The maximum atomic E-state index is 14.1. The number of amides is 1. The molecule has 2 heterocycles. The van der Waals surface area contributed by atoms with E-state index in [1.165, 1.54) is 12.1 Å². The van der Waals surface area contributed by atoms with Crippen molar-refractivity contribution in [2.75, 3.05) is 7.11 Å². The van der Waals surface area contributed by atoms with Crippen molar-refractivity contribution in [3.63, 3.8) is 0 Å². The number of hydrogen-bond acceptors (Lipinski definition) is 5. The van der Waals surface area contributed by atoms with Gasteiger partial charge in [-0.05, 0) is 72.0 Å². The van der Waals surface area contributed by atoms with Crippen molar-refractivity contribution in [1.82, 2.24) is 4.90 Å². The normalized spacial score (nSPS) is 14.4. The molecule has 0 saturated heterocycles. The molecule has 4 aromatic carbocycles. The first kappa shape index (κ1) is 26.3. The van der Waals surface area contributed by atoms with E-state index in [-0.39, 0.29) is 29.1 Å². The van der Waals surface area contributed by atoms with Crippen LogP contribution in [0, 0.1) is 19.7 Å². The number of ether oxygens (including phenoxy) is 2. The number of halogens is 1. The lowest BCUT2D eigenvalue weighted by Gasteiger charge is -2.26. The zero-order valence-corrected chi connectivity index (χ0v) is 22.9. The minimum Gasteiger partial charge on any atom is -0.493 e. The number of carbonyl (C=O) groups excluding carboxylic acids is 1. The Hall–Kier alpha value is -4.91. The molecule has 0 saturated carbocycles. The lowest BCUT2D eigenvalue weighted by atomic mass is 9.96. The van der Waals surface area contributed by atoms with Gasteiger partial charge in [-0.1, -0.05) is 54.6 Å². The second kappa shape index (κ2) is 10.6. The molecule has 0 N–H and O–H groups in total. The number of carbonyl (C=O) groups is 1. The van der Waals surface area contributed by atoms with Crippen LogP contribution in [-0.4, -0.2) is 17.9 Å². The molecule has 5 aromatic rings. The Bertz CT molecular complexity index is 1830. The lowest BCUT2D eigenvalue weighted by molar-refractivity contribution is 0.0714. The van der Waals surface area contributed by atoms with Gasteiger partial charge < -0.3 is 18.8 Å². The Morgan fingerprint density at radius 2 is 1.63 bits per heavy atom. The lowest BCUT2D eigenvalue weighted by Crippen LogP contribution is -2.29. The zero-order chi connectivity index (χ0) is 28.7. The first-order valence-corrected chi connectivity index (χ1v) is 13.3. The summed E-state index contributed by atoms with van der Waals surface area (Å²) in [4.78, 5) is 29.5. The maximum absolute atomic E-state index is 14.1. The molecule has 1 aliphatic rings. The summed E-state index contributed by atoms with van der Waals surface area (Å²) < 4.78 is 31.5. The molecular formula is C34H28FNO5. The van der Waals surface area contributed by atoms with Crippen molar-refractivity contribution in [1.29, 1.82) is 0 Å².